The third-order valence-electron chi connectivity index (χ3n) is 12.8. The van der Waals surface area contributed by atoms with Crippen molar-refractivity contribution in [1.29, 1.82) is 0 Å². The summed E-state index contributed by atoms with van der Waals surface area (Å²) in [6.45, 7) is 13.2. The number of carbonyl (C=O) groups excluding carboxylic acids is 4. The summed E-state index contributed by atoms with van der Waals surface area (Å²) in [6.07, 6.45) is 4.89. The van der Waals surface area contributed by atoms with Gasteiger partial charge in [0.05, 0.1) is 30.5 Å². The van der Waals surface area contributed by atoms with Crippen LogP contribution in [0.5, 0.6) is 0 Å². The number of ketones is 2. The number of rotatable bonds is 7. The maximum atomic E-state index is 14.3. The van der Waals surface area contributed by atoms with Gasteiger partial charge in [-0.2, -0.15) is 0 Å². The first-order valence-electron chi connectivity index (χ1n) is 20.9. The number of nitrogens with zero attached hydrogens (tertiary/aromatic N) is 1. The lowest BCUT2D eigenvalue weighted by Gasteiger charge is -2.47. The monoisotopic (exact) mass is 803 g/mol. The number of Topliss-reactive ketones (excluding diaryl/α,β-unsaturated/α-hetero) is 2. The van der Waals surface area contributed by atoms with Gasteiger partial charge in [-0.3, -0.25) is 14.4 Å². The highest BCUT2D eigenvalue weighted by Crippen LogP contribution is 2.39. The molecule has 2 saturated heterocycles. The van der Waals surface area contributed by atoms with E-state index < -0.39 is 77.9 Å². The van der Waals surface area contributed by atoms with Gasteiger partial charge < -0.3 is 43.9 Å². The Bertz CT molecular complexity index is 1480. The van der Waals surface area contributed by atoms with Crippen molar-refractivity contribution in [2.45, 2.75) is 160 Å². The van der Waals surface area contributed by atoms with Crippen LogP contribution in [0.4, 0.5) is 0 Å². The van der Waals surface area contributed by atoms with E-state index in [2.05, 4.69) is 13.5 Å². The zero-order valence-electron chi connectivity index (χ0n) is 35.4. The van der Waals surface area contributed by atoms with Gasteiger partial charge >= 0.3 is 5.97 Å². The van der Waals surface area contributed by atoms with E-state index in [9.17, 15) is 34.5 Å². The van der Waals surface area contributed by atoms with Crippen LogP contribution in [0, 0.1) is 29.6 Å². The number of fused-ring (bicyclic) bond motifs is 3. The largest absolute Gasteiger partial charge is 0.456 e. The highest BCUT2D eigenvalue weighted by molar-refractivity contribution is 6.39. The van der Waals surface area contributed by atoms with Gasteiger partial charge in [-0.15, -0.1) is 6.58 Å². The van der Waals surface area contributed by atoms with Crippen molar-refractivity contribution in [3.8, 4) is 0 Å². The summed E-state index contributed by atoms with van der Waals surface area (Å²) in [5.41, 5.74) is 1.18. The molecule has 0 aromatic heterocycles. The van der Waals surface area contributed by atoms with Crippen LogP contribution >= 0.6 is 0 Å². The number of allylic oxidation sites excluding steroid dienone is 4. The molecule has 14 atom stereocenters. The minimum absolute atomic E-state index is 0.0120. The topological polar surface area (TPSA) is 178 Å². The first-order valence-corrected chi connectivity index (χ1v) is 20.9. The number of ether oxygens (including phenoxy) is 5. The zero-order chi connectivity index (χ0) is 42.2. The molecule has 4 aliphatic rings. The molecular formula is C44H69NO12. The number of carbonyl (C=O) groups is 4. The Balaban J connectivity index is 1.78. The number of hydrogen-bond acceptors (Lipinski definition) is 12. The molecule has 1 aliphatic carbocycles. The lowest BCUT2D eigenvalue weighted by Crippen LogP contribution is -2.64. The number of piperidine rings is 1. The van der Waals surface area contributed by atoms with Gasteiger partial charge in [-0.1, -0.05) is 45.9 Å². The molecule has 1 saturated carbocycles. The third kappa shape index (κ3) is 11.3. The molecular weight excluding hydrogens is 734 g/mol. The maximum Gasteiger partial charge on any atom is 0.329 e. The van der Waals surface area contributed by atoms with Gasteiger partial charge in [0.15, 0.2) is 5.78 Å². The SMILES string of the molecule is C=CCC1=CC(C)C[C@H](C)C[C@H](OC)[C@H]2O[C@@](O)(C(=O)C(=O)N3CCCCC3C(=O)O[C@H](C(C)=C[C@@H]3CC[C@@H](O)[C@H](OC)C3)[C@H](C)[C@@H](O)CC1=O)[C@H](C)C[C@@H]2OC. The highest BCUT2D eigenvalue weighted by Gasteiger charge is 2.56. The normalized spacial score (nSPS) is 40.1. The van der Waals surface area contributed by atoms with Crippen molar-refractivity contribution >= 4 is 23.4 Å². The van der Waals surface area contributed by atoms with E-state index in [4.69, 9.17) is 23.7 Å². The molecule has 3 N–H and O–H groups in total. The van der Waals surface area contributed by atoms with Crippen LogP contribution in [0.25, 0.3) is 0 Å². The zero-order valence-corrected chi connectivity index (χ0v) is 35.4. The number of aliphatic hydroxyl groups excluding tert-OH is 2. The number of methoxy groups -OCH3 is 3. The fourth-order valence-electron chi connectivity index (χ4n) is 9.44. The molecule has 3 heterocycles. The molecule has 13 heteroatoms. The smallest absolute Gasteiger partial charge is 0.329 e. The lowest BCUT2D eigenvalue weighted by atomic mass is 9.81. The van der Waals surface area contributed by atoms with E-state index in [1.54, 1.807) is 27.0 Å². The van der Waals surface area contributed by atoms with Crippen molar-refractivity contribution in [2.24, 2.45) is 29.6 Å². The molecule has 57 heavy (non-hydrogen) atoms. The molecule has 13 nitrogen and oxygen atoms in total. The quantitative estimate of drug-likeness (QED) is 0.185. The Morgan fingerprint density at radius 2 is 1.58 bits per heavy atom. The Hall–Kier alpha value is -2.78. The van der Waals surface area contributed by atoms with Crippen LogP contribution in [0.2, 0.25) is 0 Å². The molecule has 4 rings (SSSR count). The Morgan fingerprint density at radius 3 is 2.23 bits per heavy atom. The fourth-order valence-corrected chi connectivity index (χ4v) is 9.44. The Kier molecular flexibility index (Phi) is 17.2. The second-order valence-corrected chi connectivity index (χ2v) is 17.3. The number of hydrogen-bond donors (Lipinski definition) is 3. The molecule has 322 valence electrons. The molecule has 2 unspecified atom stereocenters. The predicted molar refractivity (Wildman–Crippen MR) is 213 cm³/mol. The van der Waals surface area contributed by atoms with Crippen LogP contribution in [-0.2, 0) is 42.9 Å². The Labute approximate surface area is 339 Å². The summed E-state index contributed by atoms with van der Waals surface area (Å²) >= 11 is 0. The van der Waals surface area contributed by atoms with E-state index in [-0.39, 0.29) is 55.4 Å². The van der Waals surface area contributed by atoms with Crippen molar-refractivity contribution in [3.63, 3.8) is 0 Å². The van der Waals surface area contributed by atoms with Gasteiger partial charge in [0.2, 0.25) is 5.79 Å². The lowest BCUT2D eigenvalue weighted by molar-refractivity contribution is -0.302. The van der Waals surface area contributed by atoms with Crippen molar-refractivity contribution in [3.05, 3.63) is 36.0 Å². The molecule has 0 aromatic rings. The first kappa shape index (κ1) is 46.9. The fraction of sp³-hybridized carbons (Fsp3) is 0.773. The predicted octanol–water partition coefficient (Wildman–Crippen LogP) is 4.64. The number of amides is 1. The van der Waals surface area contributed by atoms with Crippen LogP contribution in [0.1, 0.15) is 105 Å². The van der Waals surface area contributed by atoms with Gasteiger partial charge in [-0.25, -0.2) is 4.79 Å². The number of cyclic esters (lactones) is 1. The highest BCUT2D eigenvalue weighted by atomic mass is 16.7. The number of esters is 1. The van der Waals surface area contributed by atoms with Gasteiger partial charge in [0, 0.05) is 46.1 Å². The maximum absolute atomic E-state index is 14.3. The average molecular weight is 804 g/mol. The van der Waals surface area contributed by atoms with Crippen LogP contribution in [0.15, 0.2) is 36.0 Å². The molecule has 1 amide bonds. The second-order valence-electron chi connectivity index (χ2n) is 17.3. The van der Waals surface area contributed by atoms with Crippen molar-refractivity contribution in [2.75, 3.05) is 27.9 Å². The summed E-state index contributed by atoms with van der Waals surface area (Å²) in [4.78, 5) is 57.8. The second kappa shape index (κ2) is 21.0. The molecule has 3 aliphatic heterocycles. The first-order chi connectivity index (χ1) is 27.0. The molecule has 0 radical (unpaired) electrons. The molecule has 0 aromatic carbocycles. The van der Waals surface area contributed by atoms with E-state index in [0.717, 1.165) is 0 Å². The third-order valence-corrected chi connectivity index (χ3v) is 12.8. The van der Waals surface area contributed by atoms with Gasteiger partial charge in [0.25, 0.3) is 11.7 Å². The number of aliphatic hydroxyl groups is 3. The van der Waals surface area contributed by atoms with E-state index >= 15 is 0 Å². The van der Waals surface area contributed by atoms with E-state index in [1.807, 2.05) is 26.0 Å². The van der Waals surface area contributed by atoms with Crippen molar-refractivity contribution in [1.82, 2.24) is 4.90 Å². The minimum atomic E-state index is -2.51. The van der Waals surface area contributed by atoms with Gasteiger partial charge in [0.1, 0.15) is 18.2 Å². The summed E-state index contributed by atoms with van der Waals surface area (Å²) in [7, 11) is 4.61. The summed E-state index contributed by atoms with van der Waals surface area (Å²) in [6, 6.07) is -1.14. The summed E-state index contributed by atoms with van der Waals surface area (Å²) in [5, 5.41) is 34.1. The van der Waals surface area contributed by atoms with Crippen LogP contribution < -0.4 is 0 Å². The Morgan fingerprint density at radius 1 is 0.912 bits per heavy atom. The summed E-state index contributed by atoms with van der Waals surface area (Å²) < 4.78 is 29.8. The van der Waals surface area contributed by atoms with Crippen molar-refractivity contribution < 1.29 is 58.2 Å². The molecule has 3 fully saturated rings. The van der Waals surface area contributed by atoms with E-state index in [1.165, 1.54) is 19.1 Å². The van der Waals surface area contributed by atoms with Crippen LogP contribution in [0.3, 0.4) is 0 Å². The standard InChI is InChI=1S/C44H69NO12/c1-10-13-31-19-25(2)18-26(3)20-37(54-8)40-38(55-9)22-28(5)44(52,57-40)41(49)42(50)45-17-12-11-14-32(45)43(51)56-39(29(6)34(47)24-35(31)48)27(4)21-30-15-16-33(46)36(23-30)53-7/h10,19,21,25-26,28-30,32-34,36-40,46-47,52H,1,11-18,20,22-24H2,2-9H3/t25?,26-,28+,29+,30-,32?,33+,34-,36+,37-,38-,39+,40+,44+/m0/s1. The van der Waals surface area contributed by atoms with Gasteiger partial charge in [-0.05, 0) is 100 Å². The average Bonchev–Trinajstić information content (AvgIpc) is 3.18. The molecule has 0 spiro atoms. The minimum Gasteiger partial charge on any atom is -0.456 e. The summed E-state index contributed by atoms with van der Waals surface area (Å²) in [5.74, 6) is -7.32. The van der Waals surface area contributed by atoms with Crippen LogP contribution in [-0.4, -0.2) is 126 Å². The molecule has 2 bridgehead atoms. The van der Waals surface area contributed by atoms with E-state index in [0.29, 0.717) is 62.5 Å².